The van der Waals surface area contributed by atoms with E-state index in [2.05, 4.69) is 19.2 Å². The number of aromatic hydroxyl groups is 1. The number of benzene rings is 1. The van der Waals surface area contributed by atoms with Gasteiger partial charge in [0.05, 0.1) is 0 Å². The fourth-order valence-electron chi connectivity index (χ4n) is 1.22. The van der Waals surface area contributed by atoms with Crippen molar-refractivity contribution >= 4 is 0 Å². The highest BCUT2D eigenvalue weighted by molar-refractivity contribution is 5.28. The summed E-state index contributed by atoms with van der Waals surface area (Å²) in [6.45, 7) is 5.09. The molecular formula is C10H15NO. The van der Waals surface area contributed by atoms with Gasteiger partial charge in [-0.1, -0.05) is 19.1 Å². The monoisotopic (exact) mass is 165 g/mol. The van der Waals surface area contributed by atoms with Gasteiger partial charge in [-0.15, -0.1) is 0 Å². The van der Waals surface area contributed by atoms with Crippen LogP contribution in [0.15, 0.2) is 24.3 Å². The van der Waals surface area contributed by atoms with E-state index in [1.165, 1.54) is 0 Å². The molecule has 1 aromatic carbocycles. The largest absolute Gasteiger partial charge is 0.508 e. The van der Waals surface area contributed by atoms with Crippen LogP contribution >= 0.6 is 0 Å². The lowest BCUT2D eigenvalue weighted by atomic mass is 10.1. The van der Waals surface area contributed by atoms with Gasteiger partial charge in [-0.2, -0.15) is 0 Å². The maximum absolute atomic E-state index is 9.20. The summed E-state index contributed by atoms with van der Waals surface area (Å²) in [5.74, 6) is 0.331. The molecule has 0 saturated heterocycles. The molecule has 0 aromatic heterocycles. The molecule has 0 amide bonds. The van der Waals surface area contributed by atoms with Crippen molar-refractivity contribution in [2.45, 2.75) is 19.9 Å². The van der Waals surface area contributed by atoms with Crippen molar-refractivity contribution in [3.8, 4) is 5.75 Å². The molecule has 2 heteroatoms. The van der Waals surface area contributed by atoms with Gasteiger partial charge in [0.2, 0.25) is 0 Å². The zero-order valence-corrected chi connectivity index (χ0v) is 7.54. The lowest BCUT2D eigenvalue weighted by molar-refractivity contribution is 0.472. The Labute approximate surface area is 73.2 Å². The summed E-state index contributed by atoms with van der Waals surface area (Å²) in [5.41, 5.74) is 1.12. The van der Waals surface area contributed by atoms with Crippen molar-refractivity contribution in [3.63, 3.8) is 0 Å². The molecule has 66 valence electrons. The van der Waals surface area contributed by atoms with E-state index in [1.54, 1.807) is 12.1 Å². The van der Waals surface area contributed by atoms with Crippen molar-refractivity contribution in [3.05, 3.63) is 29.8 Å². The summed E-state index contributed by atoms with van der Waals surface area (Å²) in [7, 11) is 0. The predicted molar refractivity (Wildman–Crippen MR) is 50.2 cm³/mol. The minimum atomic E-state index is 0.307. The van der Waals surface area contributed by atoms with E-state index in [4.69, 9.17) is 0 Å². The molecule has 0 spiro atoms. The first kappa shape index (κ1) is 9.07. The van der Waals surface area contributed by atoms with Gasteiger partial charge in [0.1, 0.15) is 5.75 Å². The molecule has 1 atom stereocenters. The lowest BCUT2D eigenvalue weighted by Gasteiger charge is -2.12. The second kappa shape index (κ2) is 4.12. The molecule has 2 nitrogen and oxygen atoms in total. The number of rotatable bonds is 3. The zero-order chi connectivity index (χ0) is 8.97. The number of phenolic OH excluding ortho intramolecular Hbond substituents is 1. The average Bonchev–Trinajstić information content (AvgIpc) is 2.05. The van der Waals surface area contributed by atoms with E-state index in [-0.39, 0.29) is 0 Å². The molecule has 0 aliphatic rings. The van der Waals surface area contributed by atoms with Crippen LogP contribution in [0.3, 0.4) is 0 Å². The van der Waals surface area contributed by atoms with Crippen LogP contribution < -0.4 is 5.32 Å². The van der Waals surface area contributed by atoms with Gasteiger partial charge in [-0.05, 0) is 31.2 Å². The molecule has 0 heterocycles. The van der Waals surface area contributed by atoms with Gasteiger partial charge in [0, 0.05) is 6.04 Å². The van der Waals surface area contributed by atoms with E-state index in [0.29, 0.717) is 11.8 Å². The van der Waals surface area contributed by atoms with E-state index >= 15 is 0 Å². The van der Waals surface area contributed by atoms with Crippen LogP contribution in [0.1, 0.15) is 25.5 Å². The molecule has 0 saturated carbocycles. The zero-order valence-electron chi connectivity index (χ0n) is 7.54. The number of hydrogen-bond donors (Lipinski definition) is 2. The Kier molecular flexibility index (Phi) is 3.11. The average molecular weight is 165 g/mol. The number of phenols is 1. The van der Waals surface area contributed by atoms with Crippen LogP contribution in [-0.4, -0.2) is 11.7 Å². The van der Waals surface area contributed by atoms with Crippen molar-refractivity contribution in [1.29, 1.82) is 0 Å². The minimum Gasteiger partial charge on any atom is -0.508 e. The van der Waals surface area contributed by atoms with Crippen molar-refractivity contribution < 1.29 is 5.11 Å². The molecule has 2 N–H and O–H groups in total. The van der Waals surface area contributed by atoms with Crippen LogP contribution in [0.25, 0.3) is 0 Å². The highest BCUT2D eigenvalue weighted by Gasteiger charge is 2.02. The smallest absolute Gasteiger partial charge is 0.115 e. The van der Waals surface area contributed by atoms with Gasteiger partial charge >= 0.3 is 0 Å². The Morgan fingerprint density at radius 1 is 1.50 bits per heavy atom. The number of hydrogen-bond acceptors (Lipinski definition) is 2. The maximum Gasteiger partial charge on any atom is 0.115 e. The highest BCUT2D eigenvalue weighted by Crippen LogP contribution is 2.17. The number of nitrogens with one attached hydrogen (secondary N) is 1. The predicted octanol–water partition coefficient (Wildman–Crippen LogP) is 2.06. The third kappa shape index (κ3) is 2.24. The minimum absolute atomic E-state index is 0.307. The van der Waals surface area contributed by atoms with Crippen LogP contribution in [0, 0.1) is 0 Å². The second-order valence-corrected chi connectivity index (χ2v) is 2.87. The Morgan fingerprint density at radius 2 is 2.25 bits per heavy atom. The van der Waals surface area contributed by atoms with Crippen LogP contribution in [0.2, 0.25) is 0 Å². The third-order valence-electron chi connectivity index (χ3n) is 1.88. The molecule has 0 radical (unpaired) electrons. The Bertz CT molecular complexity index is 247. The molecule has 0 fully saturated rings. The van der Waals surface area contributed by atoms with E-state index in [0.717, 1.165) is 12.1 Å². The Hall–Kier alpha value is -1.02. The third-order valence-corrected chi connectivity index (χ3v) is 1.88. The fraction of sp³-hybridized carbons (Fsp3) is 0.400. The van der Waals surface area contributed by atoms with E-state index in [9.17, 15) is 5.11 Å². The van der Waals surface area contributed by atoms with Gasteiger partial charge in [-0.3, -0.25) is 0 Å². The quantitative estimate of drug-likeness (QED) is 0.718. The van der Waals surface area contributed by atoms with Crippen molar-refractivity contribution in [1.82, 2.24) is 5.32 Å². The molecule has 1 rings (SSSR count). The van der Waals surface area contributed by atoms with E-state index in [1.807, 2.05) is 12.1 Å². The highest BCUT2D eigenvalue weighted by atomic mass is 16.3. The molecule has 12 heavy (non-hydrogen) atoms. The molecule has 0 aliphatic heterocycles. The fourth-order valence-corrected chi connectivity index (χ4v) is 1.22. The van der Waals surface area contributed by atoms with Crippen molar-refractivity contribution in [2.24, 2.45) is 0 Å². The summed E-state index contributed by atoms with van der Waals surface area (Å²) in [6, 6.07) is 7.64. The standard InChI is InChI=1S/C10H15NO/c1-3-11-8(2)9-5-4-6-10(12)7-9/h4-8,11-12H,3H2,1-2H3. The van der Waals surface area contributed by atoms with Crippen LogP contribution in [0.4, 0.5) is 0 Å². The van der Waals surface area contributed by atoms with Gasteiger partial charge in [-0.25, -0.2) is 0 Å². The topological polar surface area (TPSA) is 32.3 Å². The molecule has 1 aromatic rings. The molecular weight excluding hydrogens is 150 g/mol. The first-order valence-electron chi connectivity index (χ1n) is 4.26. The lowest BCUT2D eigenvalue weighted by Crippen LogP contribution is -2.17. The molecule has 0 aliphatic carbocycles. The molecule has 1 unspecified atom stereocenters. The van der Waals surface area contributed by atoms with Gasteiger partial charge in [0.15, 0.2) is 0 Å². The summed E-state index contributed by atoms with van der Waals surface area (Å²) >= 11 is 0. The first-order valence-corrected chi connectivity index (χ1v) is 4.26. The summed E-state index contributed by atoms with van der Waals surface area (Å²) in [5, 5.41) is 12.5. The Morgan fingerprint density at radius 3 is 2.83 bits per heavy atom. The second-order valence-electron chi connectivity index (χ2n) is 2.87. The SMILES string of the molecule is CCNC(C)c1cccc(O)c1. The van der Waals surface area contributed by atoms with Crippen molar-refractivity contribution in [2.75, 3.05) is 6.54 Å². The van der Waals surface area contributed by atoms with Crippen LogP contribution in [-0.2, 0) is 0 Å². The summed E-state index contributed by atoms with van der Waals surface area (Å²) < 4.78 is 0. The molecule has 0 bridgehead atoms. The normalized spacial score (nSPS) is 12.8. The van der Waals surface area contributed by atoms with Crippen LogP contribution in [0.5, 0.6) is 5.75 Å². The summed E-state index contributed by atoms with van der Waals surface area (Å²) in [6.07, 6.45) is 0. The first-order chi connectivity index (χ1) is 5.74. The van der Waals surface area contributed by atoms with Gasteiger partial charge < -0.3 is 10.4 Å². The van der Waals surface area contributed by atoms with E-state index < -0.39 is 0 Å². The van der Waals surface area contributed by atoms with Gasteiger partial charge in [0.25, 0.3) is 0 Å². The maximum atomic E-state index is 9.20. The Balaban J connectivity index is 2.73. The summed E-state index contributed by atoms with van der Waals surface area (Å²) in [4.78, 5) is 0.